The molecule has 0 amide bonds. The predicted molar refractivity (Wildman–Crippen MR) is 67.7 cm³/mol. The van der Waals surface area contributed by atoms with Crippen LogP contribution in [0.15, 0.2) is 0 Å². The highest BCUT2D eigenvalue weighted by atomic mass is 32.1. The molecule has 0 saturated carbocycles. The minimum atomic E-state index is -0.907. The molecule has 0 spiro atoms. The number of carbonyl (C=O) groups is 2. The van der Waals surface area contributed by atoms with Crippen molar-refractivity contribution < 1.29 is 14.3 Å². The summed E-state index contributed by atoms with van der Waals surface area (Å²) in [4.78, 5) is 22.9. The van der Waals surface area contributed by atoms with Crippen LogP contribution in [0.2, 0.25) is 0 Å². The Bertz CT molecular complexity index is 226. The van der Waals surface area contributed by atoms with E-state index in [1.165, 1.54) is 0 Å². The zero-order chi connectivity index (χ0) is 12.6. The molecule has 0 aliphatic rings. The van der Waals surface area contributed by atoms with Crippen molar-refractivity contribution in [3.05, 3.63) is 0 Å². The van der Waals surface area contributed by atoms with Crippen LogP contribution in [0.1, 0.15) is 46.5 Å². The molecule has 0 fully saturated rings. The Morgan fingerprint density at radius 1 is 1.25 bits per heavy atom. The molecule has 0 aromatic carbocycles. The third kappa shape index (κ3) is 6.88. The number of thiol groups is 1. The summed E-state index contributed by atoms with van der Waals surface area (Å²) >= 11 is 4.00. The van der Waals surface area contributed by atoms with Crippen molar-refractivity contribution in [2.75, 3.05) is 6.61 Å². The van der Waals surface area contributed by atoms with Gasteiger partial charge in [0.2, 0.25) is 0 Å². The van der Waals surface area contributed by atoms with Gasteiger partial charge in [-0.05, 0) is 12.3 Å². The van der Waals surface area contributed by atoms with Crippen molar-refractivity contribution in [2.24, 2.45) is 5.92 Å². The maximum Gasteiger partial charge on any atom is 0.326 e. The highest BCUT2D eigenvalue weighted by Crippen LogP contribution is 2.08. The second-order valence-corrected chi connectivity index (χ2v) is 4.87. The van der Waals surface area contributed by atoms with Gasteiger partial charge in [-0.1, -0.05) is 33.6 Å². The Hall–Kier alpha value is -0.510. The maximum absolute atomic E-state index is 11.5. The lowest BCUT2D eigenvalue weighted by Crippen LogP contribution is -2.27. The minimum absolute atomic E-state index is 0.134. The molecule has 0 aliphatic heterocycles. The highest BCUT2D eigenvalue weighted by molar-refractivity contribution is 7.82. The van der Waals surface area contributed by atoms with Crippen molar-refractivity contribution >= 4 is 24.4 Å². The van der Waals surface area contributed by atoms with E-state index in [1.54, 1.807) is 0 Å². The Kier molecular flexibility index (Phi) is 8.35. The molecule has 0 rings (SSSR count). The number of ketones is 1. The van der Waals surface area contributed by atoms with E-state index in [0.717, 1.165) is 19.3 Å². The Morgan fingerprint density at radius 2 is 1.88 bits per heavy atom. The summed E-state index contributed by atoms with van der Waals surface area (Å²) in [6.45, 7) is 6.31. The first-order valence-corrected chi connectivity index (χ1v) is 6.38. The zero-order valence-electron chi connectivity index (χ0n) is 10.4. The molecule has 16 heavy (non-hydrogen) atoms. The Morgan fingerprint density at radius 3 is 2.38 bits per heavy atom. The molecule has 94 valence electrons. The van der Waals surface area contributed by atoms with Crippen molar-refractivity contribution in [1.29, 1.82) is 0 Å². The normalized spacial score (nSPS) is 12.6. The van der Waals surface area contributed by atoms with Crippen LogP contribution in [0, 0.1) is 5.92 Å². The second kappa shape index (κ2) is 8.62. The van der Waals surface area contributed by atoms with Crippen molar-refractivity contribution in [1.82, 2.24) is 0 Å². The number of carbonyl (C=O) groups excluding carboxylic acids is 2. The van der Waals surface area contributed by atoms with E-state index in [0.29, 0.717) is 13.0 Å². The molecule has 1 unspecified atom stereocenters. The number of ether oxygens (including phenoxy) is 1. The fourth-order valence-electron chi connectivity index (χ4n) is 1.15. The van der Waals surface area contributed by atoms with E-state index in [1.807, 2.05) is 13.8 Å². The van der Waals surface area contributed by atoms with E-state index in [4.69, 9.17) is 4.74 Å². The van der Waals surface area contributed by atoms with E-state index >= 15 is 0 Å². The molecule has 0 aromatic rings. The van der Waals surface area contributed by atoms with Crippen LogP contribution < -0.4 is 0 Å². The summed E-state index contributed by atoms with van der Waals surface area (Å²) in [6.07, 6.45) is 3.30. The fraction of sp³-hybridized carbons (Fsp3) is 0.833. The quantitative estimate of drug-likeness (QED) is 0.310. The monoisotopic (exact) mass is 246 g/mol. The number of hydrogen-bond donors (Lipinski definition) is 1. The van der Waals surface area contributed by atoms with Crippen LogP contribution >= 0.6 is 12.6 Å². The van der Waals surface area contributed by atoms with Gasteiger partial charge in [-0.2, -0.15) is 12.6 Å². The van der Waals surface area contributed by atoms with Crippen molar-refractivity contribution in [3.63, 3.8) is 0 Å². The molecule has 4 heteroatoms. The van der Waals surface area contributed by atoms with Gasteiger partial charge in [0.25, 0.3) is 0 Å². The molecule has 0 aromatic heterocycles. The Balaban J connectivity index is 3.87. The van der Waals surface area contributed by atoms with E-state index < -0.39 is 11.2 Å². The number of hydrogen-bond acceptors (Lipinski definition) is 4. The third-order valence-electron chi connectivity index (χ3n) is 2.11. The number of unbranched alkanes of at least 4 members (excludes halogenated alkanes) is 2. The summed E-state index contributed by atoms with van der Waals surface area (Å²) in [5.74, 6) is -0.372. The van der Waals surface area contributed by atoms with Crippen LogP contribution in [0.25, 0.3) is 0 Å². The van der Waals surface area contributed by atoms with Gasteiger partial charge in [-0.3, -0.25) is 9.59 Å². The number of rotatable bonds is 8. The molecule has 0 aliphatic carbocycles. The van der Waals surface area contributed by atoms with Gasteiger partial charge in [0.05, 0.1) is 6.61 Å². The first-order valence-electron chi connectivity index (χ1n) is 5.86. The van der Waals surface area contributed by atoms with Gasteiger partial charge in [0.15, 0.2) is 11.0 Å². The van der Waals surface area contributed by atoms with Gasteiger partial charge in [-0.25, -0.2) is 0 Å². The molecular formula is C12H22O3S. The van der Waals surface area contributed by atoms with Crippen LogP contribution in [0.4, 0.5) is 0 Å². The molecule has 1 atom stereocenters. The number of Topliss-reactive ketones (excluding diaryl/α,β-unsaturated/α-hetero) is 1. The summed E-state index contributed by atoms with van der Waals surface area (Å²) in [5.41, 5.74) is 0. The number of esters is 1. The molecule has 3 nitrogen and oxygen atoms in total. The van der Waals surface area contributed by atoms with Gasteiger partial charge in [-0.15, -0.1) is 0 Å². The SMILES string of the molecule is CCCCCC(=O)C(S)C(=O)OCC(C)C. The summed E-state index contributed by atoms with van der Waals surface area (Å²) < 4.78 is 4.96. The van der Waals surface area contributed by atoms with Crippen molar-refractivity contribution in [3.8, 4) is 0 Å². The summed E-state index contributed by atoms with van der Waals surface area (Å²) in [5, 5.41) is -0.907. The summed E-state index contributed by atoms with van der Waals surface area (Å²) in [7, 11) is 0. The van der Waals surface area contributed by atoms with Crippen LogP contribution in [-0.2, 0) is 14.3 Å². The lowest BCUT2D eigenvalue weighted by atomic mass is 10.1. The summed E-state index contributed by atoms with van der Waals surface area (Å²) in [6, 6.07) is 0. The van der Waals surface area contributed by atoms with E-state index in [-0.39, 0.29) is 11.7 Å². The predicted octanol–water partition coefficient (Wildman–Crippen LogP) is 2.63. The average Bonchev–Trinajstić information content (AvgIpc) is 2.24. The average molecular weight is 246 g/mol. The fourth-order valence-corrected chi connectivity index (χ4v) is 1.35. The van der Waals surface area contributed by atoms with Gasteiger partial charge in [0, 0.05) is 6.42 Å². The first-order chi connectivity index (χ1) is 7.49. The molecule has 0 N–H and O–H groups in total. The van der Waals surface area contributed by atoms with Crippen molar-refractivity contribution in [2.45, 2.75) is 51.7 Å². The van der Waals surface area contributed by atoms with Crippen LogP contribution in [0.3, 0.4) is 0 Å². The molecule has 0 heterocycles. The standard InChI is InChI=1S/C12H22O3S/c1-4-5-6-7-10(13)11(16)12(14)15-8-9(2)3/h9,11,16H,4-8H2,1-3H3. The first kappa shape index (κ1) is 15.5. The van der Waals surface area contributed by atoms with Gasteiger partial charge >= 0.3 is 5.97 Å². The minimum Gasteiger partial charge on any atom is -0.464 e. The topological polar surface area (TPSA) is 43.4 Å². The third-order valence-corrected chi connectivity index (χ3v) is 2.61. The lowest BCUT2D eigenvalue weighted by molar-refractivity contribution is -0.146. The Labute approximate surface area is 103 Å². The van der Waals surface area contributed by atoms with E-state index in [2.05, 4.69) is 19.6 Å². The zero-order valence-corrected chi connectivity index (χ0v) is 11.3. The highest BCUT2D eigenvalue weighted by Gasteiger charge is 2.23. The molecule has 0 saturated heterocycles. The van der Waals surface area contributed by atoms with Crippen LogP contribution in [-0.4, -0.2) is 23.6 Å². The maximum atomic E-state index is 11.5. The second-order valence-electron chi connectivity index (χ2n) is 4.35. The molecule has 0 radical (unpaired) electrons. The smallest absolute Gasteiger partial charge is 0.326 e. The lowest BCUT2D eigenvalue weighted by Gasteiger charge is -2.11. The van der Waals surface area contributed by atoms with Crippen LogP contribution in [0.5, 0.6) is 0 Å². The molecular weight excluding hydrogens is 224 g/mol. The van der Waals surface area contributed by atoms with Gasteiger partial charge in [0.1, 0.15) is 0 Å². The largest absolute Gasteiger partial charge is 0.464 e. The van der Waals surface area contributed by atoms with Gasteiger partial charge < -0.3 is 4.74 Å². The molecule has 0 bridgehead atoms. The van der Waals surface area contributed by atoms with E-state index in [9.17, 15) is 9.59 Å².